The van der Waals surface area contributed by atoms with Gasteiger partial charge in [0.2, 0.25) is 0 Å². The first-order valence-corrected chi connectivity index (χ1v) is 5.42. The largest absolute Gasteiger partial charge is 0.352 e. The molecule has 0 amide bonds. The maximum Gasteiger partial charge on any atom is 0.352 e. The monoisotopic (exact) mass is 299 g/mol. The summed E-state index contributed by atoms with van der Waals surface area (Å²) in [5.41, 5.74) is -0.731. The second-order valence-corrected chi connectivity index (χ2v) is 4.08. The summed E-state index contributed by atoms with van der Waals surface area (Å²) in [6.07, 6.45) is 0. The van der Waals surface area contributed by atoms with Crippen LogP contribution in [0.1, 0.15) is 0 Å². The summed E-state index contributed by atoms with van der Waals surface area (Å²) in [6.45, 7) is 0. The van der Waals surface area contributed by atoms with Gasteiger partial charge in [-0.15, -0.1) is 0 Å². The Hall–Kier alpha value is -1.76. The maximum atomic E-state index is 12.8. The summed E-state index contributed by atoms with van der Waals surface area (Å²) in [7, 11) is 1.34. The predicted octanol–water partition coefficient (Wildman–Crippen LogP) is 0.833. The van der Waals surface area contributed by atoms with Crippen LogP contribution in [0.15, 0.2) is 38.5 Å². The van der Waals surface area contributed by atoms with Gasteiger partial charge in [-0.3, -0.25) is 9.36 Å². The fourth-order valence-electron chi connectivity index (χ4n) is 1.29. The SMILES string of the molecule is Cn1c(=O)c(Br)nn(-c2ccc(F)cc2)c1=O. The quantitative estimate of drug-likeness (QED) is 0.784. The van der Waals surface area contributed by atoms with Gasteiger partial charge >= 0.3 is 5.69 Å². The Balaban J connectivity index is 2.73. The van der Waals surface area contributed by atoms with E-state index in [1.54, 1.807) is 0 Å². The molecule has 1 aromatic heterocycles. The molecule has 0 radical (unpaired) electrons. The summed E-state index contributed by atoms with van der Waals surface area (Å²) in [5.74, 6) is -0.411. The molecule has 1 aromatic carbocycles. The van der Waals surface area contributed by atoms with Gasteiger partial charge in [0, 0.05) is 7.05 Å². The lowest BCUT2D eigenvalue weighted by molar-refractivity contribution is 0.621. The smallest absolute Gasteiger partial charge is 0.266 e. The van der Waals surface area contributed by atoms with E-state index < -0.39 is 17.1 Å². The first kappa shape index (κ1) is 11.7. The summed E-state index contributed by atoms with van der Waals surface area (Å²) in [5, 5.41) is 3.80. The molecule has 5 nitrogen and oxygen atoms in total. The van der Waals surface area contributed by atoms with Crippen molar-refractivity contribution in [1.29, 1.82) is 0 Å². The zero-order valence-electron chi connectivity index (χ0n) is 8.72. The highest BCUT2D eigenvalue weighted by Gasteiger charge is 2.09. The Morgan fingerprint density at radius 2 is 1.82 bits per heavy atom. The van der Waals surface area contributed by atoms with Gasteiger partial charge in [-0.05, 0) is 40.2 Å². The van der Waals surface area contributed by atoms with Crippen LogP contribution in [0.2, 0.25) is 0 Å². The second kappa shape index (κ2) is 4.25. The van der Waals surface area contributed by atoms with Crippen molar-refractivity contribution in [3.05, 3.63) is 55.5 Å². The van der Waals surface area contributed by atoms with Crippen LogP contribution in [-0.4, -0.2) is 14.3 Å². The zero-order valence-corrected chi connectivity index (χ0v) is 10.3. The molecule has 0 bridgehead atoms. The fourth-order valence-corrected chi connectivity index (χ4v) is 1.72. The predicted molar refractivity (Wildman–Crippen MR) is 62.7 cm³/mol. The van der Waals surface area contributed by atoms with Crippen molar-refractivity contribution >= 4 is 15.9 Å². The summed E-state index contributed by atoms with van der Waals surface area (Å²) >= 11 is 2.96. The normalized spacial score (nSPS) is 10.5. The van der Waals surface area contributed by atoms with Crippen molar-refractivity contribution in [1.82, 2.24) is 14.3 Å². The lowest BCUT2D eigenvalue weighted by Gasteiger charge is -2.06. The Bertz CT molecular complexity index is 675. The van der Waals surface area contributed by atoms with Gasteiger partial charge in [-0.1, -0.05) is 0 Å². The molecule has 7 heteroatoms. The van der Waals surface area contributed by atoms with Crippen LogP contribution in [0.4, 0.5) is 4.39 Å². The van der Waals surface area contributed by atoms with Crippen LogP contribution in [-0.2, 0) is 7.05 Å². The minimum absolute atomic E-state index is 0.0175. The van der Waals surface area contributed by atoms with Crippen LogP contribution >= 0.6 is 15.9 Å². The number of hydrogen-bond donors (Lipinski definition) is 0. The third kappa shape index (κ3) is 2.05. The summed E-state index contributed by atoms with van der Waals surface area (Å²) in [6, 6.07) is 5.23. The standard InChI is InChI=1S/C10H7BrFN3O2/c1-14-9(16)8(11)13-15(10(14)17)7-4-2-6(12)3-5-7/h2-5H,1H3. The molecular weight excluding hydrogens is 293 g/mol. The van der Waals surface area contributed by atoms with E-state index in [1.165, 1.54) is 31.3 Å². The highest BCUT2D eigenvalue weighted by Crippen LogP contribution is 2.06. The van der Waals surface area contributed by atoms with E-state index in [4.69, 9.17) is 0 Å². The molecule has 0 aliphatic rings. The third-order valence-electron chi connectivity index (χ3n) is 2.21. The van der Waals surface area contributed by atoms with Gasteiger partial charge in [-0.25, -0.2) is 9.18 Å². The van der Waals surface area contributed by atoms with E-state index in [0.717, 1.165) is 9.25 Å². The molecule has 1 heterocycles. The van der Waals surface area contributed by atoms with Crippen molar-refractivity contribution in [2.24, 2.45) is 7.05 Å². The van der Waals surface area contributed by atoms with Crippen molar-refractivity contribution < 1.29 is 4.39 Å². The topological polar surface area (TPSA) is 56.9 Å². The molecule has 2 rings (SSSR count). The average Bonchev–Trinajstić information content (AvgIpc) is 2.32. The Morgan fingerprint density at radius 3 is 2.41 bits per heavy atom. The van der Waals surface area contributed by atoms with Crippen LogP contribution < -0.4 is 11.2 Å². The molecule has 88 valence electrons. The lowest BCUT2D eigenvalue weighted by Crippen LogP contribution is -2.39. The number of hydrogen-bond acceptors (Lipinski definition) is 3. The average molecular weight is 300 g/mol. The molecular formula is C10H7BrFN3O2. The van der Waals surface area contributed by atoms with Gasteiger partial charge in [0.15, 0.2) is 4.60 Å². The van der Waals surface area contributed by atoms with E-state index in [-0.39, 0.29) is 4.60 Å². The molecule has 0 atom stereocenters. The van der Waals surface area contributed by atoms with E-state index in [9.17, 15) is 14.0 Å². The molecule has 2 aromatic rings. The molecule has 17 heavy (non-hydrogen) atoms. The number of aromatic nitrogens is 3. The molecule has 0 fully saturated rings. The van der Waals surface area contributed by atoms with Gasteiger partial charge in [0.25, 0.3) is 5.56 Å². The molecule has 0 N–H and O–H groups in total. The van der Waals surface area contributed by atoms with E-state index >= 15 is 0 Å². The number of nitrogens with zero attached hydrogens (tertiary/aromatic N) is 3. The van der Waals surface area contributed by atoms with Crippen LogP contribution in [0, 0.1) is 5.82 Å². The van der Waals surface area contributed by atoms with Crippen molar-refractivity contribution in [2.75, 3.05) is 0 Å². The number of benzene rings is 1. The van der Waals surface area contributed by atoms with E-state index in [0.29, 0.717) is 5.69 Å². The van der Waals surface area contributed by atoms with Gasteiger partial charge in [0.1, 0.15) is 5.82 Å². The molecule has 0 unspecified atom stereocenters. The Labute approximate surface area is 103 Å². The highest BCUT2D eigenvalue weighted by atomic mass is 79.9. The maximum absolute atomic E-state index is 12.8. The van der Waals surface area contributed by atoms with Crippen LogP contribution in [0.5, 0.6) is 0 Å². The molecule has 0 saturated carbocycles. The van der Waals surface area contributed by atoms with Gasteiger partial charge < -0.3 is 0 Å². The van der Waals surface area contributed by atoms with E-state index in [2.05, 4.69) is 21.0 Å². The van der Waals surface area contributed by atoms with Crippen LogP contribution in [0.3, 0.4) is 0 Å². The van der Waals surface area contributed by atoms with Crippen molar-refractivity contribution in [2.45, 2.75) is 0 Å². The van der Waals surface area contributed by atoms with Gasteiger partial charge in [0.05, 0.1) is 5.69 Å². The minimum Gasteiger partial charge on any atom is -0.266 e. The first-order chi connectivity index (χ1) is 8.00. The lowest BCUT2D eigenvalue weighted by atomic mass is 10.3. The van der Waals surface area contributed by atoms with Crippen LogP contribution in [0.25, 0.3) is 5.69 Å². The molecule has 0 aliphatic carbocycles. The summed E-state index contributed by atoms with van der Waals surface area (Å²) < 4.78 is 14.7. The highest BCUT2D eigenvalue weighted by molar-refractivity contribution is 9.10. The summed E-state index contributed by atoms with van der Waals surface area (Å²) in [4.78, 5) is 23.2. The Kier molecular flexibility index (Phi) is 2.93. The van der Waals surface area contributed by atoms with E-state index in [1.807, 2.05) is 0 Å². The zero-order chi connectivity index (χ0) is 12.6. The number of halogens is 2. The Morgan fingerprint density at radius 1 is 1.24 bits per heavy atom. The molecule has 0 saturated heterocycles. The fraction of sp³-hybridized carbons (Fsp3) is 0.100. The first-order valence-electron chi connectivity index (χ1n) is 4.62. The minimum atomic E-state index is -0.593. The van der Waals surface area contributed by atoms with Gasteiger partial charge in [-0.2, -0.15) is 9.78 Å². The number of rotatable bonds is 1. The third-order valence-corrected chi connectivity index (χ3v) is 2.71. The van der Waals surface area contributed by atoms with Crippen molar-refractivity contribution in [3.8, 4) is 5.69 Å². The second-order valence-electron chi connectivity index (χ2n) is 3.33. The molecule has 0 spiro atoms. The van der Waals surface area contributed by atoms with Crippen molar-refractivity contribution in [3.63, 3.8) is 0 Å². The molecule has 0 aliphatic heterocycles.